The van der Waals surface area contributed by atoms with Gasteiger partial charge in [-0.3, -0.25) is 4.79 Å². The Balaban J connectivity index is 1.39. The van der Waals surface area contributed by atoms with Gasteiger partial charge in [0.05, 0.1) is 12.1 Å². The van der Waals surface area contributed by atoms with E-state index in [0.29, 0.717) is 28.4 Å². The van der Waals surface area contributed by atoms with Gasteiger partial charge in [0.1, 0.15) is 5.76 Å². The van der Waals surface area contributed by atoms with Crippen molar-refractivity contribution < 1.29 is 9.21 Å². The van der Waals surface area contributed by atoms with Gasteiger partial charge in [0.15, 0.2) is 5.13 Å². The number of hydrogen-bond donors (Lipinski definition) is 2. The Morgan fingerprint density at radius 1 is 1.42 bits per heavy atom. The predicted octanol–water partition coefficient (Wildman–Crippen LogP) is 3.82. The van der Waals surface area contributed by atoms with Gasteiger partial charge in [0.2, 0.25) is 11.8 Å². The highest BCUT2D eigenvalue weighted by molar-refractivity contribution is 7.15. The number of thiazole rings is 1. The number of thiophene rings is 1. The minimum atomic E-state index is -0.121. The van der Waals surface area contributed by atoms with Crippen LogP contribution in [0.1, 0.15) is 35.1 Å². The molecule has 0 radical (unpaired) electrons. The van der Waals surface area contributed by atoms with E-state index < -0.39 is 0 Å². The fourth-order valence-electron chi connectivity index (χ4n) is 3.06. The summed E-state index contributed by atoms with van der Waals surface area (Å²) in [6.07, 6.45) is 4.33. The first-order chi connectivity index (χ1) is 12.7. The highest BCUT2D eigenvalue weighted by atomic mass is 32.1. The first-order valence-corrected chi connectivity index (χ1v) is 10.4. The second-order valence-electron chi connectivity index (χ2n) is 6.35. The van der Waals surface area contributed by atoms with Crippen molar-refractivity contribution in [2.45, 2.75) is 32.1 Å². The summed E-state index contributed by atoms with van der Waals surface area (Å²) < 4.78 is 5.69. The van der Waals surface area contributed by atoms with Crippen molar-refractivity contribution in [3.8, 4) is 11.5 Å². The molecule has 1 fully saturated rings. The van der Waals surface area contributed by atoms with Crippen LogP contribution < -0.4 is 10.6 Å². The van der Waals surface area contributed by atoms with Crippen molar-refractivity contribution in [3.05, 3.63) is 39.4 Å². The van der Waals surface area contributed by atoms with Crippen molar-refractivity contribution in [2.24, 2.45) is 0 Å². The summed E-state index contributed by atoms with van der Waals surface area (Å²) in [6.45, 7) is 3.93. The molecule has 0 unspecified atom stereocenters. The first-order valence-electron chi connectivity index (χ1n) is 8.64. The van der Waals surface area contributed by atoms with Gasteiger partial charge in [-0.15, -0.1) is 11.3 Å². The van der Waals surface area contributed by atoms with Gasteiger partial charge in [-0.2, -0.15) is 11.3 Å². The van der Waals surface area contributed by atoms with Crippen molar-refractivity contribution in [1.82, 2.24) is 15.3 Å². The number of oxazole rings is 1. The van der Waals surface area contributed by atoms with Crippen LogP contribution >= 0.6 is 22.7 Å². The third kappa shape index (κ3) is 3.87. The molecule has 0 saturated carbocycles. The monoisotopic (exact) mass is 388 g/mol. The number of nitrogens with zero attached hydrogens (tertiary/aromatic N) is 2. The molecule has 136 valence electrons. The molecule has 6 nitrogen and oxygen atoms in total. The molecule has 4 rings (SSSR count). The number of carbonyl (C=O) groups is 1. The summed E-state index contributed by atoms with van der Waals surface area (Å²) in [5, 5.41) is 10.9. The summed E-state index contributed by atoms with van der Waals surface area (Å²) >= 11 is 3.16. The van der Waals surface area contributed by atoms with Gasteiger partial charge in [0, 0.05) is 22.0 Å². The lowest BCUT2D eigenvalue weighted by Gasteiger charge is -2.20. The SMILES string of the molecule is Cc1oc(-c2ccsc2)nc1CC(=O)Nc1ncc(C2CCNCC2)s1. The maximum absolute atomic E-state index is 12.4. The number of aromatic nitrogens is 2. The molecular weight excluding hydrogens is 368 g/mol. The highest BCUT2D eigenvalue weighted by Crippen LogP contribution is 2.31. The number of piperidine rings is 1. The number of nitrogens with one attached hydrogen (secondary N) is 2. The number of aryl methyl sites for hydroxylation is 1. The van der Waals surface area contributed by atoms with Crippen LogP contribution in [0, 0.1) is 6.92 Å². The molecule has 3 aromatic rings. The second kappa shape index (κ2) is 7.69. The van der Waals surface area contributed by atoms with Gasteiger partial charge >= 0.3 is 0 Å². The molecule has 0 spiro atoms. The molecule has 1 aliphatic rings. The molecule has 3 aromatic heterocycles. The van der Waals surface area contributed by atoms with Crippen LogP contribution in [-0.2, 0) is 11.2 Å². The normalized spacial score (nSPS) is 15.3. The number of anilines is 1. The van der Waals surface area contributed by atoms with Crippen LogP contribution in [0.5, 0.6) is 0 Å². The molecule has 0 aromatic carbocycles. The highest BCUT2D eigenvalue weighted by Gasteiger charge is 2.19. The van der Waals surface area contributed by atoms with Crippen LogP contribution in [-0.4, -0.2) is 29.0 Å². The summed E-state index contributed by atoms with van der Waals surface area (Å²) in [5.41, 5.74) is 1.61. The third-order valence-corrected chi connectivity index (χ3v) is 6.26. The van der Waals surface area contributed by atoms with Crippen LogP contribution in [0.3, 0.4) is 0 Å². The number of rotatable bonds is 5. The summed E-state index contributed by atoms with van der Waals surface area (Å²) in [4.78, 5) is 22.5. The quantitative estimate of drug-likeness (QED) is 0.695. The van der Waals surface area contributed by atoms with Gasteiger partial charge in [0.25, 0.3) is 0 Å². The summed E-state index contributed by atoms with van der Waals surface area (Å²) in [5.74, 6) is 1.67. The molecule has 2 N–H and O–H groups in total. The fraction of sp³-hybridized carbons (Fsp3) is 0.389. The van der Waals surface area contributed by atoms with Crippen LogP contribution in [0.4, 0.5) is 5.13 Å². The summed E-state index contributed by atoms with van der Waals surface area (Å²) in [7, 11) is 0. The second-order valence-corrected chi connectivity index (χ2v) is 8.19. The van der Waals surface area contributed by atoms with Crippen molar-refractivity contribution in [1.29, 1.82) is 0 Å². The van der Waals surface area contributed by atoms with E-state index in [1.54, 1.807) is 22.7 Å². The zero-order valence-electron chi connectivity index (χ0n) is 14.4. The molecular formula is C18H20N4O2S2. The number of carbonyl (C=O) groups excluding carboxylic acids is 1. The minimum Gasteiger partial charge on any atom is -0.441 e. The Kier molecular flexibility index (Phi) is 5.14. The molecule has 0 aliphatic carbocycles. The maximum Gasteiger partial charge on any atom is 0.232 e. The zero-order chi connectivity index (χ0) is 17.9. The standard InChI is InChI=1S/C18H20N4O2S2/c1-11-14(21-17(24-11)13-4-7-25-10-13)8-16(23)22-18-20-9-15(26-18)12-2-5-19-6-3-12/h4,7,9-10,12,19H,2-3,5-6,8H2,1H3,(H,20,22,23). The Morgan fingerprint density at radius 2 is 2.27 bits per heavy atom. The number of hydrogen-bond acceptors (Lipinski definition) is 7. The lowest BCUT2D eigenvalue weighted by atomic mass is 9.97. The molecule has 0 bridgehead atoms. The van der Waals surface area contributed by atoms with Crippen LogP contribution in [0.2, 0.25) is 0 Å². The van der Waals surface area contributed by atoms with E-state index in [4.69, 9.17) is 4.42 Å². The molecule has 4 heterocycles. The molecule has 1 amide bonds. The average molecular weight is 389 g/mol. The Morgan fingerprint density at radius 3 is 3.04 bits per heavy atom. The van der Waals surface area contributed by atoms with Gasteiger partial charge in [-0.25, -0.2) is 9.97 Å². The Labute approximate surface area is 159 Å². The molecule has 1 aliphatic heterocycles. The fourth-order valence-corrected chi connectivity index (χ4v) is 4.69. The zero-order valence-corrected chi connectivity index (χ0v) is 16.1. The van der Waals surface area contributed by atoms with E-state index in [1.807, 2.05) is 29.9 Å². The molecule has 8 heteroatoms. The molecule has 1 saturated heterocycles. The average Bonchev–Trinajstić information content (AvgIpc) is 3.38. The van der Waals surface area contributed by atoms with Gasteiger partial charge < -0.3 is 15.1 Å². The lowest BCUT2D eigenvalue weighted by Crippen LogP contribution is -2.26. The first kappa shape index (κ1) is 17.4. The third-order valence-electron chi connectivity index (χ3n) is 4.50. The van der Waals surface area contributed by atoms with E-state index in [9.17, 15) is 4.79 Å². The van der Waals surface area contributed by atoms with Gasteiger partial charge in [-0.05, 0) is 50.2 Å². The van der Waals surface area contributed by atoms with Crippen molar-refractivity contribution >= 4 is 33.7 Å². The minimum absolute atomic E-state index is 0.121. The molecule has 26 heavy (non-hydrogen) atoms. The Hall–Kier alpha value is -2.03. The van der Waals surface area contributed by atoms with E-state index in [2.05, 4.69) is 20.6 Å². The molecule has 0 atom stereocenters. The van der Waals surface area contributed by atoms with Crippen LogP contribution in [0.15, 0.2) is 27.4 Å². The maximum atomic E-state index is 12.4. The van der Waals surface area contributed by atoms with Crippen molar-refractivity contribution in [3.63, 3.8) is 0 Å². The van der Waals surface area contributed by atoms with E-state index >= 15 is 0 Å². The predicted molar refractivity (Wildman–Crippen MR) is 104 cm³/mol. The summed E-state index contributed by atoms with van der Waals surface area (Å²) in [6, 6.07) is 1.96. The van der Waals surface area contributed by atoms with Crippen molar-refractivity contribution in [2.75, 3.05) is 18.4 Å². The van der Waals surface area contributed by atoms with E-state index in [-0.39, 0.29) is 12.3 Å². The van der Waals surface area contributed by atoms with Crippen LogP contribution in [0.25, 0.3) is 11.5 Å². The lowest BCUT2D eigenvalue weighted by molar-refractivity contribution is -0.115. The van der Waals surface area contributed by atoms with Gasteiger partial charge in [-0.1, -0.05) is 0 Å². The largest absolute Gasteiger partial charge is 0.441 e. The number of amides is 1. The van der Waals surface area contributed by atoms with E-state index in [1.165, 1.54) is 4.88 Å². The Bertz CT molecular complexity index is 879. The smallest absolute Gasteiger partial charge is 0.232 e. The van der Waals surface area contributed by atoms with E-state index in [0.717, 1.165) is 31.5 Å². The topological polar surface area (TPSA) is 80.1 Å².